The lowest BCUT2D eigenvalue weighted by atomic mass is 9.86. The summed E-state index contributed by atoms with van der Waals surface area (Å²) in [5.41, 5.74) is 0.697. The number of hydrogen-bond acceptors (Lipinski definition) is 8. The van der Waals surface area contributed by atoms with Gasteiger partial charge in [0.15, 0.2) is 5.60 Å². The van der Waals surface area contributed by atoms with Crippen LogP contribution in [0.2, 0.25) is 0 Å². The molecule has 3 aromatic rings. The van der Waals surface area contributed by atoms with Crippen LogP contribution in [0.3, 0.4) is 0 Å². The molecule has 0 saturated carbocycles. The predicted octanol–water partition coefficient (Wildman–Crippen LogP) is 2.31. The molecule has 1 aromatic carbocycles. The molecule has 11 heteroatoms. The highest BCUT2D eigenvalue weighted by molar-refractivity contribution is 5.90. The molecular weight excluding hydrogens is 485 g/mol. The average molecular weight is 512 g/mol. The molecule has 194 valence electrons. The lowest BCUT2D eigenvalue weighted by Gasteiger charge is -2.31. The second-order valence-electron chi connectivity index (χ2n) is 9.30. The van der Waals surface area contributed by atoms with Gasteiger partial charge in [0.25, 0.3) is 5.56 Å². The Hall–Kier alpha value is -3.83. The summed E-state index contributed by atoms with van der Waals surface area (Å²) in [6, 6.07) is 3.88. The average Bonchev–Trinajstić information content (AvgIpc) is 3.23. The lowest BCUT2D eigenvalue weighted by molar-refractivity contribution is -0.172. The van der Waals surface area contributed by atoms with Gasteiger partial charge in [-0.2, -0.15) is 0 Å². The number of benzene rings is 1. The largest absolute Gasteiger partial charge is 0.458 e. The maximum absolute atomic E-state index is 14.6. The van der Waals surface area contributed by atoms with Gasteiger partial charge < -0.3 is 29.6 Å². The molecule has 3 N–H and O–H groups in total. The number of pyridine rings is 2. The second-order valence-corrected chi connectivity index (χ2v) is 9.30. The number of halogens is 1. The van der Waals surface area contributed by atoms with Crippen LogP contribution >= 0.6 is 0 Å². The number of alkyl carbamates (subject to hydrolysis) is 1. The topological polar surface area (TPSA) is 140 Å². The molecule has 0 spiro atoms. The zero-order valence-electron chi connectivity index (χ0n) is 20.6. The minimum atomic E-state index is -1.97. The minimum Gasteiger partial charge on any atom is -0.458 e. The third kappa shape index (κ3) is 3.77. The molecule has 2 aliphatic heterocycles. The maximum Gasteiger partial charge on any atom is 0.407 e. The van der Waals surface area contributed by atoms with Crippen molar-refractivity contribution in [3.63, 3.8) is 0 Å². The number of aryl methyl sites for hydroxylation is 1. The van der Waals surface area contributed by atoms with E-state index in [0.717, 1.165) is 0 Å². The van der Waals surface area contributed by atoms with Gasteiger partial charge in [-0.1, -0.05) is 6.92 Å². The number of aromatic nitrogens is 2. The van der Waals surface area contributed by atoms with E-state index in [2.05, 4.69) is 10.3 Å². The van der Waals surface area contributed by atoms with Crippen LogP contribution in [-0.2, 0) is 33.0 Å². The fourth-order valence-corrected chi connectivity index (χ4v) is 5.16. The van der Waals surface area contributed by atoms with Gasteiger partial charge in [0.05, 0.1) is 41.7 Å². The zero-order chi connectivity index (χ0) is 26.6. The van der Waals surface area contributed by atoms with Gasteiger partial charge in [-0.05, 0) is 43.5 Å². The highest BCUT2D eigenvalue weighted by Crippen LogP contribution is 2.42. The summed E-state index contributed by atoms with van der Waals surface area (Å²) in [5, 5.41) is 23.4. The zero-order valence-corrected chi connectivity index (χ0v) is 20.6. The molecule has 1 amide bonds. The highest BCUT2D eigenvalue weighted by atomic mass is 19.1. The number of cyclic esters (lactones) is 1. The van der Waals surface area contributed by atoms with Gasteiger partial charge in [-0.25, -0.2) is 19.0 Å². The van der Waals surface area contributed by atoms with Crippen molar-refractivity contribution < 1.29 is 33.7 Å². The van der Waals surface area contributed by atoms with Crippen LogP contribution < -0.4 is 10.9 Å². The Bertz CT molecular complexity index is 1530. The monoisotopic (exact) mass is 511 g/mol. The number of ether oxygens (including phenoxy) is 2. The first-order valence-corrected chi connectivity index (χ1v) is 11.9. The van der Waals surface area contributed by atoms with E-state index >= 15 is 0 Å². The third-order valence-corrected chi connectivity index (χ3v) is 7.10. The van der Waals surface area contributed by atoms with E-state index < -0.39 is 35.1 Å². The molecule has 0 aliphatic carbocycles. The number of fused-ring (bicyclic) bond motifs is 5. The number of nitrogens with zero attached hydrogens (tertiary/aromatic N) is 2. The van der Waals surface area contributed by atoms with Crippen molar-refractivity contribution in [3.05, 3.63) is 62.2 Å². The molecule has 37 heavy (non-hydrogen) atoms. The van der Waals surface area contributed by atoms with Crippen LogP contribution in [0.4, 0.5) is 9.18 Å². The number of rotatable bonds is 5. The van der Waals surface area contributed by atoms with Gasteiger partial charge in [0, 0.05) is 22.6 Å². The van der Waals surface area contributed by atoms with Crippen molar-refractivity contribution in [3.8, 4) is 11.4 Å². The first kappa shape index (κ1) is 24.8. The Labute approximate surface area is 210 Å². The van der Waals surface area contributed by atoms with Gasteiger partial charge in [0.2, 0.25) is 0 Å². The van der Waals surface area contributed by atoms with Gasteiger partial charge in [-0.3, -0.25) is 4.79 Å². The van der Waals surface area contributed by atoms with Crippen molar-refractivity contribution >= 4 is 23.0 Å². The number of aliphatic hydroxyl groups is 2. The fraction of sp³-hybridized carbons (Fsp3) is 0.385. The molecule has 0 saturated heterocycles. The van der Waals surface area contributed by atoms with Crippen molar-refractivity contribution in [2.45, 2.75) is 52.0 Å². The maximum atomic E-state index is 14.6. The standard InChI is InChI=1S/C26H26FN3O7/c1-4-26(35)17-8-20-22-15(10-30(20)23(32)16(17)11-37-24(26)33)21(13(3)28-25(34)36-6-5-31)14-7-12(2)18(27)9-19(14)29-22/h7-9,13,31,35H,4-6,10-11H2,1-3H3,(H,28,34)/t13-,26-/m0/s1. The fourth-order valence-electron chi connectivity index (χ4n) is 5.16. The van der Waals surface area contributed by atoms with Crippen LogP contribution in [0.5, 0.6) is 0 Å². The molecule has 0 fully saturated rings. The first-order chi connectivity index (χ1) is 17.6. The van der Waals surface area contributed by atoms with E-state index in [0.29, 0.717) is 39.0 Å². The van der Waals surface area contributed by atoms with E-state index in [9.17, 15) is 23.9 Å². The number of esters is 1. The summed E-state index contributed by atoms with van der Waals surface area (Å²) >= 11 is 0. The Morgan fingerprint density at radius 1 is 1.32 bits per heavy atom. The van der Waals surface area contributed by atoms with E-state index in [1.807, 2.05) is 0 Å². The highest BCUT2D eigenvalue weighted by Gasteiger charge is 2.45. The summed E-state index contributed by atoms with van der Waals surface area (Å²) in [6.07, 6.45) is -0.738. The molecular formula is C26H26FN3O7. The van der Waals surface area contributed by atoms with Crippen molar-refractivity contribution in [1.29, 1.82) is 0 Å². The molecule has 2 aliphatic rings. The molecule has 2 aromatic heterocycles. The lowest BCUT2D eigenvalue weighted by Crippen LogP contribution is -2.44. The van der Waals surface area contributed by atoms with Crippen LogP contribution in [0.1, 0.15) is 54.1 Å². The Balaban J connectivity index is 1.74. The third-order valence-electron chi connectivity index (χ3n) is 7.10. The van der Waals surface area contributed by atoms with Crippen molar-refractivity contribution in [2.24, 2.45) is 0 Å². The number of hydrogen-bond donors (Lipinski definition) is 3. The predicted molar refractivity (Wildman–Crippen MR) is 129 cm³/mol. The van der Waals surface area contributed by atoms with Crippen LogP contribution in [-0.4, -0.2) is 45.0 Å². The number of carbonyl (C=O) groups is 2. The quantitative estimate of drug-likeness (QED) is 0.347. The Morgan fingerprint density at radius 2 is 2.08 bits per heavy atom. The number of amides is 1. The molecule has 0 bridgehead atoms. The minimum absolute atomic E-state index is 0.00633. The molecule has 5 rings (SSSR count). The first-order valence-electron chi connectivity index (χ1n) is 11.9. The molecule has 0 unspecified atom stereocenters. The smallest absolute Gasteiger partial charge is 0.407 e. The van der Waals surface area contributed by atoms with Gasteiger partial charge in [0.1, 0.15) is 19.0 Å². The summed E-state index contributed by atoms with van der Waals surface area (Å²) in [5.74, 6) is -1.29. The van der Waals surface area contributed by atoms with E-state index in [-0.39, 0.29) is 43.9 Å². The summed E-state index contributed by atoms with van der Waals surface area (Å²) in [4.78, 5) is 42.9. The van der Waals surface area contributed by atoms with E-state index in [1.54, 1.807) is 32.9 Å². The van der Waals surface area contributed by atoms with Crippen molar-refractivity contribution in [1.82, 2.24) is 14.9 Å². The molecule has 4 heterocycles. The van der Waals surface area contributed by atoms with Crippen LogP contribution in [0.15, 0.2) is 23.0 Å². The van der Waals surface area contributed by atoms with Crippen molar-refractivity contribution in [2.75, 3.05) is 13.2 Å². The van der Waals surface area contributed by atoms with E-state index in [1.165, 1.54) is 10.6 Å². The van der Waals surface area contributed by atoms with Gasteiger partial charge >= 0.3 is 12.1 Å². The summed E-state index contributed by atoms with van der Waals surface area (Å²) in [7, 11) is 0. The summed E-state index contributed by atoms with van der Waals surface area (Å²) in [6.45, 7) is 4.32. The molecule has 2 atom stereocenters. The normalized spacial score (nSPS) is 18.6. The van der Waals surface area contributed by atoms with E-state index in [4.69, 9.17) is 14.6 Å². The van der Waals surface area contributed by atoms with Crippen LogP contribution in [0.25, 0.3) is 22.3 Å². The molecule has 0 radical (unpaired) electrons. The number of nitrogens with one attached hydrogen (secondary N) is 1. The SMILES string of the molecule is CC[C@@]1(O)C(=O)OCc2c1cc1n(c2=O)Cc2c-1nc1cc(F)c(C)cc1c2[C@H](C)NC(=O)OCCO. The Kier molecular flexibility index (Phi) is 5.99. The number of aliphatic hydroxyl groups excluding tert-OH is 1. The second kappa shape index (κ2) is 8.93. The van der Waals surface area contributed by atoms with Gasteiger partial charge in [-0.15, -0.1) is 0 Å². The Morgan fingerprint density at radius 3 is 2.78 bits per heavy atom. The number of carbonyl (C=O) groups excluding carboxylic acids is 2. The summed E-state index contributed by atoms with van der Waals surface area (Å²) < 4.78 is 26.1. The van der Waals surface area contributed by atoms with Crippen LogP contribution in [0, 0.1) is 12.7 Å². The molecule has 10 nitrogen and oxygen atoms in total.